The SMILES string of the molecule is CCNC(=NCc1cc(-c2ccccc2)on1)NCC(c1cccs1)N1CCOCC1. The number of aromatic nitrogens is 1. The Kier molecular flexibility index (Phi) is 7.71. The van der Waals surface area contributed by atoms with E-state index in [0.717, 1.165) is 62.4 Å². The molecule has 0 amide bonds. The number of rotatable bonds is 8. The summed E-state index contributed by atoms with van der Waals surface area (Å²) in [5, 5.41) is 13.2. The molecule has 164 valence electrons. The highest BCUT2D eigenvalue weighted by molar-refractivity contribution is 7.10. The number of guanidine groups is 1. The monoisotopic (exact) mass is 439 g/mol. The fourth-order valence-corrected chi connectivity index (χ4v) is 4.46. The number of ether oxygens (including phenoxy) is 1. The lowest BCUT2D eigenvalue weighted by molar-refractivity contribution is 0.0177. The maximum Gasteiger partial charge on any atom is 0.191 e. The second-order valence-electron chi connectivity index (χ2n) is 7.30. The molecule has 4 rings (SSSR count). The van der Waals surface area contributed by atoms with Crippen molar-refractivity contribution in [2.75, 3.05) is 39.4 Å². The van der Waals surface area contributed by atoms with Gasteiger partial charge in [0.05, 0.1) is 25.8 Å². The van der Waals surface area contributed by atoms with E-state index in [1.807, 2.05) is 36.4 Å². The Morgan fingerprint density at radius 3 is 2.74 bits per heavy atom. The van der Waals surface area contributed by atoms with Crippen LogP contribution in [-0.4, -0.2) is 55.4 Å². The minimum absolute atomic E-state index is 0.296. The predicted octanol–water partition coefficient (Wildman–Crippen LogP) is 3.53. The first kappa shape index (κ1) is 21.5. The summed E-state index contributed by atoms with van der Waals surface area (Å²) in [5.41, 5.74) is 1.82. The average Bonchev–Trinajstić information content (AvgIpc) is 3.52. The summed E-state index contributed by atoms with van der Waals surface area (Å²) in [6.45, 7) is 7.55. The van der Waals surface area contributed by atoms with Gasteiger partial charge >= 0.3 is 0 Å². The number of aliphatic imine (C=N–C) groups is 1. The first-order valence-corrected chi connectivity index (χ1v) is 11.6. The number of nitrogens with zero attached hydrogens (tertiary/aromatic N) is 3. The highest BCUT2D eigenvalue weighted by Gasteiger charge is 2.23. The van der Waals surface area contributed by atoms with E-state index in [-0.39, 0.29) is 0 Å². The van der Waals surface area contributed by atoms with E-state index in [4.69, 9.17) is 14.3 Å². The van der Waals surface area contributed by atoms with E-state index in [2.05, 4.69) is 45.1 Å². The van der Waals surface area contributed by atoms with Crippen LogP contribution in [0.15, 0.2) is 63.4 Å². The molecule has 1 unspecified atom stereocenters. The zero-order valence-corrected chi connectivity index (χ0v) is 18.6. The molecule has 1 aliphatic heterocycles. The van der Waals surface area contributed by atoms with Crippen molar-refractivity contribution in [3.63, 3.8) is 0 Å². The maximum atomic E-state index is 5.54. The second kappa shape index (κ2) is 11.1. The van der Waals surface area contributed by atoms with Gasteiger partial charge in [0.25, 0.3) is 0 Å². The van der Waals surface area contributed by atoms with Gasteiger partial charge in [-0.3, -0.25) is 4.90 Å². The Morgan fingerprint density at radius 2 is 2.00 bits per heavy atom. The van der Waals surface area contributed by atoms with Gasteiger partial charge < -0.3 is 19.9 Å². The number of nitrogens with one attached hydrogen (secondary N) is 2. The molecule has 0 aliphatic carbocycles. The van der Waals surface area contributed by atoms with Crippen LogP contribution >= 0.6 is 11.3 Å². The average molecular weight is 440 g/mol. The fraction of sp³-hybridized carbons (Fsp3) is 0.391. The number of morpholine rings is 1. The van der Waals surface area contributed by atoms with Gasteiger partial charge in [-0.1, -0.05) is 41.6 Å². The molecule has 1 aromatic carbocycles. The van der Waals surface area contributed by atoms with E-state index in [0.29, 0.717) is 12.6 Å². The molecular formula is C23H29N5O2S. The van der Waals surface area contributed by atoms with Gasteiger partial charge in [-0.25, -0.2) is 4.99 Å². The Balaban J connectivity index is 1.40. The highest BCUT2D eigenvalue weighted by atomic mass is 32.1. The lowest BCUT2D eigenvalue weighted by Crippen LogP contribution is -2.46. The van der Waals surface area contributed by atoms with Gasteiger partial charge in [0, 0.05) is 42.7 Å². The molecular weight excluding hydrogens is 410 g/mol. The zero-order valence-electron chi connectivity index (χ0n) is 17.8. The quantitative estimate of drug-likeness (QED) is 0.413. The van der Waals surface area contributed by atoms with E-state index >= 15 is 0 Å². The van der Waals surface area contributed by atoms with Crippen molar-refractivity contribution in [1.82, 2.24) is 20.7 Å². The summed E-state index contributed by atoms with van der Waals surface area (Å²) >= 11 is 1.80. The van der Waals surface area contributed by atoms with Crippen molar-refractivity contribution < 1.29 is 9.26 Å². The predicted molar refractivity (Wildman–Crippen MR) is 124 cm³/mol. The van der Waals surface area contributed by atoms with Crippen molar-refractivity contribution in [2.45, 2.75) is 19.5 Å². The lowest BCUT2D eigenvalue weighted by Gasteiger charge is -2.34. The summed E-state index contributed by atoms with van der Waals surface area (Å²) in [6, 6.07) is 16.5. The molecule has 0 radical (unpaired) electrons. The molecule has 3 aromatic rings. The minimum atomic E-state index is 0.296. The van der Waals surface area contributed by atoms with Crippen molar-refractivity contribution in [2.24, 2.45) is 4.99 Å². The molecule has 1 atom stereocenters. The van der Waals surface area contributed by atoms with Gasteiger partial charge in [-0.05, 0) is 18.4 Å². The van der Waals surface area contributed by atoms with Crippen LogP contribution in [0.2, 0.25) is 0 Å². The van der Waals surface area contributed by atoms with Gasteiger partial charge in [0.15, 0.2) is 11.7 Å². The van der Waals surface area contributed by atoms with Crippen molar-refractivity contribution in [1.29, 1.82) is 0 Å². The number of hydrogen-bond donors (Lipinski definition) is 2. The topological polar surface area (TPSA) is 74.9 Å². The van der Waals surface area contributed by atoms with E-state index < -0.39 is 0 Å². The van der Waals surface area contributed by atoms with Crippen LogP contribution in [0.25, 0.3) is 11.3 Å². The van der Waals surface area contributed by atoms with E-state index in [1.165, 1.54) is 4.88 Å². The van der Waals surface area contributed by atoms with Crippen LogP contribution < -0.4 is 10.6 Å². The fourth-order valence-electron chi connectivity index (χ4n) is 3.60. The number of benzene rings is 1. The zero-order chi connectivity index (χ0) is 21.3. The highest BCUT2D eigenvalue weighted by Crippen LogP contribution is 2.25. The van der Waals surface area contributed by atoms with Crippen LogP contribution in [0.3, 0.4) is 0 Å². The third-order valence-corrected chi connectivity index (χ3v) is 6.16. The Hall–Kier alpha value is -2.68. The molecule has 2 aromatic heterocycles. The molecule has 2 N–H and O–H groups in total. The largest absolute Gasteiger partial charge is 0.379 e. The number of hydrogen-bond acceptors (Lipinski definition) is 6. The Bertz CT molecular complexity index is 936. The lowest BCUT2D eigenvalue weighted by atomic mass is 10.2. The summed E-state index contributed by atoms with van der Waals surface area (Å²) in [5.74, 6) is 1.54. The van der Waals surface area contributed by atoms with Crippen molar-refractivity contribution in [3.8, 4) is 11.3 Å². The van der Waals surface area contributed by atoms with Crippen LogP contribution in [0.4, 0.5) is 0 Å². The molecule has 1 saturated heterocycles. The van der Waals surface area contributed by atoms with Crippen LogP contribution in [0.1, 0.15) is 23.5 Å². The summed E-state index contributed by atoms with van der Waals surface area (Å²) in [4.78, 5) is 8.56. The maximum absolute atomic E-state index is 5.54. The third kappa shape index (κ3) is 5.94. The molecule has 1 aliphatic rings. The van der Waals surface area contributed by atoms with Crippen molar-refractivity contribution >= 4 is 17.3 Å². The Morgan fingerprint density at radius 1 is 1.16 bits per heavy atom. The minimum Gasteiger partial charge on any atom is -0.379 e. The molecule has 1 fully saturated rings. The normalized spacial score (nSPS) is 16.2. The first-order valence-electron chi connectivity index (χ1n) is 10.7. The van der Waals surface area contributed by atoms with E-state index in [1.54, 1.807) is 11.3 Å². The Labute approximate surface area is 187 Å². The molecule has 0 spiro atoms. The summed E-state index contributed by atoms with van der Waals surface area (Å²) in [6.07, 6.45) is 0. The second-order valence-corrected chi connectivity index (χ2v) is 8.28. The van der Waals surface area contributed by atoms with Gasteiger partial charge in [0.1, 0.15) is 5.69 Å². The van der Waals surface area contributed by atoms with Gasteiger partial charge in [-0.2, -0.15) is 0 Å². The van der Waals surface area contributed by atoms with Crippen molar-refractivity contribution in [3.05, 3.63) is 64.5 Å². The first-order chi connectivity index (χ1) is 15.3. The van der Waals surface area contributed by atoms with Gasteiger partial charge in [-0.15, -0.1) is 11.3 Å². The summed E-state index contributed by atoms with van der Waals surface area (Å²) in [7, 11) is 0. The molecule has 3 heterocycles. The standard InChI is InChI=1S/C23H29N5O2S/c1-2-24-23(25-16-19-15-21(30-27-19)18-7-4-3-5-8-18)26-17-20(22-9-6-14-31-22)28-10-12-29-13-11-28/h3-9,14-15,20H,2,10-13,16-17H2,1H3,(H2,24,25,26). The van der Waals surface area contributed by atoms with Crippen LogP contribution in [-0.2, 0) is 11.3 Å². The smallest absolute Gasteiger partial charge is 0.191 e. The number of thiophene rings is 1. The molecule has 31 heavy (non-hydrogen) atoms. The van der Waals surface area contributed by atoms with Crippen LogP contribution in [0.5, 0.6) is 0 Å². The molecule has 0 saturated carbocycles. The molecule has 8 heteroatoms. The molecule has 0 bridgehead atoms. The van der Waals surface area contributed by atoms with E-state index in [9.17, 15) is 0 Å². The molecule has 7 nitrogen and oxygen atoms in total. The van der Waals surface area contributed by atoms with Gasteiger partial charge in [0.2, 0.25) is 0 Å². The summed E-state index contributed by atoms with van der Waals surface area (Å²) < 4.78 is 11.0. The van der Waals surface area contributed by atoms with Crippen LogP contribution in [0, 0.1) is 0 Å². The third-order valence-electron chi connectivity index (χ3n) is 5.18.